The SMILES string of the molecule is COc1ccc(NC(=O)c2ccc3nc(C(F)F)[nH]c3c2)cc1OCc1cccnc1. The van der Waals surface area contributed by atoms with E-state index in [-0.39, 0.29) is 6.61 Å². The fourth-order valence-electron chi connectivity index (χ4n) is 2.99. The van der Waals surface area contributed by atoms with Crippen LogP contribution in [0.15, 0.2) is 60.9 Å². The molecule has 0 saturated heterocycles. The topological polar surface area (TPSA) is 89.1 Å². The van der Waals surface area contributed by atoms with E-state index in [0.717, 1.165) is 5.56 Å². The van der Waals surface area contributed by atoms with Crippen LogP contribution in [0.25, 0.3) is 11.0 Å². The Morgan fingerprint density at radius 2 is 2.03 bits per heavy atom. The number of H-pyrrole nitrogens is 1. The molecule has 0 aliphatic carbocycles. The van der Waals surface area contributed by atoms with Crippen LogP contribution in [0, 0.1) is 0 Å². The number of nitrogens with zero attached hydrogens (tertiary/aromatic N) is 2. The lowest BCUT2D eigenvalue weighted by molar-refractivity contribution is 0.102. The highest BCUT2D eigenvalue weighted by atomic mass is 19.3. The maximum atomic E-state index is 12.8. The lowest BCUT2D eigenvalue weighted by Gasteiger charge is -2.13. The predicted molar refractivity (Wildman–Crippen MR) is 111 cm³/mol. The normalized spacial score (nSPS) is 11.0. The van der Waals surface area contributed by atoms with Crippen molar-refractivity contribution in [3.05, 3.63) is 77.9 Å². The molecular weight excluding hydrogens is 406 g/mol. The fraction of sp³-hybridized carbons (Fsp3) is 0.136. The van der Waals surface area contributed by atoms with Gasteiger partial charge in [-0.15, -0.1) is 0 Å². The molecule has 1 amide bonds. The Hall–Kier alpha value is -4.01. The van der Waals surface area contributed by atoms with Crippen molar-refractivity contribution >= 4 is 22.6 Å². The highest BCUT2D eigenvalue weighted by Gasteiger charge is 2.15. The molecule has 0 spiro atoms. The molecule has 4 rings (SSSR count). The van der Waals surface area contributed by atoms with Gasteiger partial charge in [0, 0.05) is 35.3 Å². The first-order chi connectivity index (χ1) is 15.0. The molecule has 31 heavy (non-hydrogen) atoms. The average molecular weight is 424 g/mol. The summed E-state index contributed by atoms with van der Waals surface area (Å²) in [4.78, 5) is 23.0. The molecule has 9 heteroatoms. The van der Waals surface area contributed by atoms with Crippen molar-refractivity contribution in [3.63, 3.8) is 0 Å². The number of nitrogens with one attached hydrogen (secondary N) is 2. The van der Waals surface area contributed by atoms with Crippen molar-refractivity contribution in [1.82, 2.24) is 15.0 Å². The Labute approximate surface area is 176 Å². The number of rotatable bonds is 7. The zero-order valence-electron chi connectivity index (χ0n) is 16.4. The third-order valence-corrected chi connectivity index (χ3v) is 4.51. The number of carbonyl (C=O) groups excluding carboxylic acids is 1. The van der Waals surface area contributed by atoms with E-state index in [1.54, 1.807) is 30.6 Å². The number of halogens is 2. The molecule has 2 aromatic carbocycles. The number of carbonyl (C=O) groups is 1. The van der Waals surface area contributed by atoms with Crippen molar-refractivity contribution in [2.45, 2.75) is 13.0 Å². The number of amides is 1. The van der Waals surface area contributed by atoms with Crippen molar-refractivity contribution in [3.8, 4) is 11.5 Å². The molecule has 0 radical (unpaired) electrons. The number of hydrogen-bond donors (Lipinski definition) is 2. The van der Waals surface area contributed by atoms with E-state index in [4.69, 9.17) is 9.47 Å². The number of hydrogen-bond acceptors (Lipinski definition) is 5. The second-order valence-corrected chi connectivity index (χ2v) is 6.62. The quantitative estimate of drug-likeness (QED) is 0.448. The molecule has 0 saturated carbocycles. The van der Waals surface area contributed by atoms with Gasteiger partial charge in [0.2, 0.25) is 0 Å². The van der Waals surface area contributed by atoms with E-state index >= 15 is 0 Å². The number of pyridine rings is 1. The minimum Gasteiger partial charge on any atom is -0.493 e. The van der Waals surface area contributed by atoms with Gasteiger partial charge in [0.1, 0.15) is 6.61 Å². The van der Waals surface area contributed by atoms with Crippen LogP contribution in [0.3, 0.4) is 0 Å². The van der Waals surface area contributed by atoms with Crippen LogP contribution in [0.1, 0.15) is 28.2 Å². The van der Waals surface area contributed by atoms with Crippen molar-refractivity contribution in [1.29, 1.82) is 0 Å². The third kappa shape index (κ3) is 4.61. The molecule has 0 aliphatic rings. The summed E-state index contributed by atoms with van der Waals surface area (Å²) in [6, 6.07) is 13.2. The highest BCUT2D eigenvalue weighted by Crippen LogP contribution is 2.31. The van der Waals surface area contributed by atoms with Gasteiger partial charge in [-0.2, -0.15) is 0 Å². The Balaban J connectivity index is 1.51. The van der Waals surface area contributed by atoms with Crippen LogP contribution < -0.4 is 14.8 Å². The first kappa shape index (κ1) is 20.3. The van der Waals surface area contributed by atoms with E-state index in [0.29, 0.717) is 33.8 Å². The van der Waals surface area contributed by atoms with E-state index < -0.39 is 18.2 Å². The van der Waals surface area contributed by atoms with Gasteiger partial charge < -0.3 is 19.8 Å². The molecule has 158 valence electrons. The smallest absolute Gasteiger partial charge is 0.295 e. The number of ether oxygens (including phenoxy) is 2. The summed E-state index contributed by atoms with van der Waals surface area (Å²) in [7, 11) is 1.53. The number of fused-ring (bicyclic) bond motifs is 1. The van der Waals surface area contributed by atoms with E-state index in [1.165, 1.54) is 25.3 Å². The second-order valence-electron chi connectivity index (χ2n) is 6.62. The lowest BCUT2D eigenvalue weighted by atomic mass is 10.2. The second kappa shape index (κ2) is 8.78. The number of methoxy groups -OCH3 is 1. The van der Waals surface area contributed by atoms with Gasteiger partial charge in [0.15, 0.2) is 17.3 Å². The van der Waals surface area contributed by atoms with Crippen LogP contribution in [-0.2, 0) is 6.61 Å². The van der Waals surface area contributed by atoms with Gasteiger partial charge in [-0.3, -0.25) is 9.78 Å². The van der Waals surface area contributed by atoms with E-state index in [2.05, 4.69) is 20.3 Å². The fourth-order valence-corrected chi connectivity index (χ4v) is 2.99. The maximum Gasteiger partial charge on any atom is 0.295 e. The Morgan fingerprint density at radius 1 is 1.16 bits per heavy atom. The van der Waals surface area contributed by atoms with Crippen LogP contribution >= 0.6 is 0 Å². The molecule has 2 aromatic heterocycles. The van der Waals surface area contributed by atoms with Gasteiger partial charge in [0.05, 0.1) is 18.1 Å². The molecule has 7 nitrogen and oxygen atoms in total. The Morgan fingerprint density at radius 3 is 2.77 bits per heavy atom. The number of aromatic amines is 1. The van der Waals surface area contributed by atoms with Crippen molar-refractivity contribution in [2.75, 3.05) is 12.4 Å². The summed E-state index contributed by atoms with van der Waals surface area (Å²) in [5.41, 5.74) is 2.39. The predicted octanol–water partition coefficient (Wildman–Crippen LogP) is 4.74. The largest absolute Gasteiger partial charge is 0.493 e. The first-order valence-corrected chi connectivity index (χ1v) is 9.32. The minimum absolute atomic E-state index is 0.282. The van der Waals surface area contributed by atoms with Crippen LogP contribution in [0.5, 0.6) is 11.5 Å². The van der Waals surface area contributed by atoms with Gasteiger partial charge in [-0.1, -0.05) is 6.07 Å². The van der Waals surface area contributed by atoms with Crippen molar-refractivity contribution < 1.29 is 23.0 Å². The summed E-state index contributed by atoms with van der Waals surface area (Å²) in [5.74, 6) is 0.131. The molecule has 4 aromatic rings. The molecule has 0 aliphatic heterocycles. The number of alkyl halides is 2. The molecular formula is C22H18F2N4O3. The average Bonchev–Trinajstić information content (AvgIpc) is 3.22. The summed E-state index contributed by atoms with van der Waals surface area (Å²) in [6.07, 6.45) is 0.659. The van der Waals surface area contributed by atoms with Gasteiger partial charge in [-0.05, 0) is 36.4 Å². The number of benzene rings is 2. The Kier molecular flexibility index (Phi) is 5.74. The van der Waals surface area contributed by atoms with Crippen LogP contribution in [0.2, 0.25) is 0 Å². The van der Waals surface area contributed by atoms with Crippen LogP contribution in [0.4, 0.5) is 14.5 Å². The molecule has 0 unspecified atom stereocenters. The van der Waals surface area contributed by atoms with Gasteiger partial charge in [-0.25, -0.2) is 13.8 Å². The summed E-state index contributed by atoms with van der Waals surface area (Å²) >= 11 is 0. The third-order valence-electron chi connectivity index (χ3n) is 4.51. The molecule has 2 N–H and O–H groups in total. The summed E-state index contributed by atoms with van der Waals surface area (Å²) < 4.78 is 36.8. The first-order valence-electron chi connectivity index (χ1n) is 9.32. The molecule has 2 heterocycles. The molecule has 0 atom stereocenters. The lowest BCUT2D eigenvalue weighted by Crippen LogP contribution is -2.12. The van der Waals surface area contributed by atoms with Gasteiger partial charge in [0.25, 0.3) is 12.3 Å². The Bertz CT molecular complexity index is 1210. The zero-order valence-corrected chi connectivity index (χ0v) is 16.4. The highest BCUT2D eigenvalue weighted by molar-refractivity contribution is 6.06. The number of anilines is 1. The monoisotopic (exact) mass is 424 g/mol. The summed E-state index contributed by atoms with van der Waals surface area (Å²) in [6.45, 7) is 0.282. The molecule has 0 fully saturated rings. The number of imidazole rings is 1. The number of aromatic nitrogens is 3. The summed E-state index contributed by atoms with van der Waals surface area (Å²) in [5, 5.41) is 2.77. The van der Waals surface area contributed by atoms with Gasteiger partial charge >= 0.3 is 0 Å². The minimum atomic E-state index is -2.71. The maximum absolute atomic E-state index is 12.8. The van der Waals surface area contributed by atoms with Crippen LogP contribution in [-0.4, -0.2) is 28.0 Å². The molecule has 0 bridgehead atoms. The zero-order chi connectivity index (χ0) is 21.8. The van der Waals surface area contributed by atoms with E-state index in [9.17, 15) is 13.6 Å². The van der Waals surface area contributed by atoms with E-state index in [1.807, 2.05) is 12.1 Å². The van der Waals surface area contributed by atoms with Crippen molar-refractivity contribution in [2.24, 2.45) is 0 Å². The standard InChI is InChI=1S/C22H18F2N4O3/c1-30-18-7-5-15(10-19(18)31-12-13-3-2-8-25-11-13)26-22(29)14-4-6-16-17(9-14)28-21(27-16)20(23)24/h2-11,20H,12H2,1H3,(H,26,29)(H,27,28).